The van der Waals surface area contributed by atoms with E-state index in [4.69, 9.17) is 4.74 Å². The third-order valence-corrected chi connectivity index (χ3v) is 7.42. The molecule has 184 valence electrons. The number of benzene rings is 3. The average molecular weight is 502 g/mol. The van der Waals surface area contributed by atoms with Crippen molar-refractivity contribution in [1.29, 1.82) is 0 Å². The van der Waals surface area contributed by atoms with E-state index < -0.39 is 33.7 Å². The number of hydrogen-bond donors (Lipinski definition) is 2. The zero-order valence-electron chi connectivity index (χ0n) is 19.2. The molecule has 1 atom stereocenters. The molecule has 35 heavy (non-hydrogen) atoms. The van der Waals surface area contributed by atoms with Crippen molar-refractivity contribution in [3.8, 4) is 5.75 Å². The lowest BCUT2D eigenvalue weighted by molar-refractivity contribution is 0.102. The molecule has 1 aliphatic rings. The number of anilines is 2. The summed E-state index contributed by atoms with van der Waals surface area (Å²) in [4.78, 5) is 12.7. The van der Waals surface area contributed by atoms with E-state index in [-0.39, 0.29) is 28.4 Å². The number of hydrogen-bond acceptors (Lipinski definition) is 5. The van der Waals surface area contributed by atoms with Crippen LogP contribution < -0.4 is 19.7 Å². The minimum Gasteiger partial charge on any atom is -0.485 e. The second-order valence-electron chi connectivity index (χ2n) is 8.11. The fraction of sp³-hybridized carbons (Fsp3) is 0.240. The Kier molecular flexibility index (Phi) is 7.04. The van der Waals surface area contributed by atoms with Crippen molar-refractivity contribution in [2.75, 3.05) is 29.3 Å². The summed E-state index contributed by atoms with van der Waals surface area (Å²) < 4.78 is 61.9. The van der Waals surface area contributed by atoms with Crippen LogP contribution in [0.1, 0.15) is 22.8 Å². The maximum atomic E-state index is 14.3. The molecule has 0 saturated carbocycles. The molecule has 2 N–H and O–H groups in total. The molecule has 0 aliphatic carbocycles. The van der Waals surface area contributed by atoms with E-state index in [9.17, 15) is 22.0 Å². The van der Waals surface area contributed by atoms with Crippen molar-refractivity contribution in [3.05, 3.63) is 83.4 Å². The van der Waals surface area contributed by atoms with Crippen LogP contribution >= 0.6 is 0 Å². The van der Waals surface area contributed by atoms with Gasteiger partial charge < -0.3 is 15.4 Å². The van der Waals surface area contributed by atoms with Gasteiger partial charge in [0.2, 0.25) is 0 Å². The Morgan fingerprint density at radius 3 is 2.54 bits per heavy atom. The second-order valence-corrected chi connectivity index (χ2v) is 9.97. The molecule has 0 bridgehead atoms. The highest BCUT2D eigenvalue weighted by Crippen LogP contribution is 2.39. The van der Waals surface area contributed by atoms with E-state index in [1.54, 1.807) is 25.1 Å². The van der Waals surface area contributed by atoms with Gasteiger partial charge in [0.25, 0.3) is 15.9 Å². The van der Waals surface area contributed by atoms with E-state index in [1.165, 1.54) is 34.6 Å². The fourth-order valence-corrected chi connectivity index (χ4v) is 5.37. The molecular weight excluding hydrogens is 476 g/mol. The van der Waals surface area contributed by atoms with Gasteiger partial charge in [0.05, 0.1) is 22.7 Å². The molecule has 7 nitrogen and oxygen atoms in total. The van der Waals surface area contributed by atoms with Crippen molar-refractivity contribution in [2.24, 2.45) is 0 Å². The van der Waals surface area contributed by atoms with E-state index in [0.717, 1.165) is 12.1 Å². The van der Waals surface area contributed by atoms with Gasteiger partial charge in [-0.15, -0.1) is 0 Å². The smallest absolute Gasteiger partial charge is 0.264 e. The lowest BCUT2D eigenvalue weighted by Crippen LogP contribution is -2.47. The molecule has 3 aromatic carbocycles. The third kappa shape index (κ3) is 5.13. The van der Waals surface area contributed by atoms with Gasteiger partial charge in [0.15, 0.2) is 0 Å². The maximum Gasteiger partial charge on any atom is 0.264 e. The number of nitrogens with one attached hydrogen (secondary N) is 2. The summed E-state index contributed by atoms with van der Waals surface area (Å²) in [5, 5.41) is 5.78. The first-order valence-corrected chi connectivity index (χ1v) is 12.5. The van der Waals surface area contributed by atoms with Crippen LogP contribution in [0.4, 0.5) is 20.2 Å². The lowest BCUT2D eigenvalue weighted by atomic mass is 10.1. The maximum absolute atomic E-state index is 14.3. The monoisotopic (exact) mass is 501 g/mol. The first kappa shape index (κ1) is 24.6. The molecule has 4 rings (SSSR count). The first-order chi connectivity index (χ1) is 16.7. The van der Waals surface area contributed by atoms with Gasteiger partial charge in [-0.3, -0.25) is 9.10 Å². The number of nitrogens with zero attached hydrogens (tertiary/aromatic N) is 1. The molecule has 0 saturated heterocycles. The number of halogens is 2. The standard InChI is InChI=1S/C25H25F2N3O4S/c1-3-28-14-19-15-30(35(32,33)20-10-7-17(26)8-11-20)22-13-18(9-12-23(22)34-19)29-25(31)24-16(2)5-4-6-21(24)27/h4-13,19,28H,3,14-15H2,1-2H3,(H,29,31). The molecule has 0 aromatic heterocycles. The summed E-state index contributed by atoms with van der Waals surface area (Å²) in [5.41, 5.74) is 0.855. The molecule has 0 radical (unpaired) electrons. The van der Waals surface area contributed by atoms with Crippen LogP contribution in [0.5, 0.6) is 5.75 Å². The van der Waals surface area contributed by atoms with Crippen LogP contribution in [0.3, 0.4) is 0 Å². The Morgan fingerprint density at radius 1 is 1.11 bits per heavy atom. The zero-order chi connectivity index (χ0) is 25.2. The number of amides is 1. The molecular formula is C25H25F2N3O4S. The molecule has 0 fully saturated rings. The highest BCUT2D eigenvalue weighted by molar-refractivity contribution is 7.92. The molecule has 1 amide bonds. The summed E-state index contributed by atoms with van der Waals surface area (Å²) in [6.07, 6.45) is -0.473. The Bertz CT molecular complexity index is 1330. The molecule has 0 spiro atoms. The van der Waals surface area contributed by atoms with Crippen molar-refractivity contribution in [1.82, 2.24) is 5.32 Å². The number of rotatable bonds is 7. The van der Waals surface area contributed by atoms with Gasteiger partial charge in [0, 0.05) is 12.2 Å². The van der Waals surface area contributed by atoms with E-state index >= 15 is 0 Å². The summed E-state index contributed by atoms with van der Waals surface area (Å²) in [7, 11) is -4.07. The minimum absolute atomic E-state index is 0.00350. The molecule has 1 heterocycles. The molecule has 3 aromatic rings. The lowest BCUT2D eigenvalue weighted by Gasteiger charge is -2.36. The van der Waals surface area contributed by atoms with Gasteiger partial charge >= 0.3 is 0 Å². The number of ether oxygens (including phenoxy) is 1. The van der Waals surface area contributed by atoms with Gasteiger partial charge in [-0.25, -0.2) is 17.2 Å². The number of fused-ring (bicyclic) bond motifs is 1. The van der Waals surface area contributed by atoms with Crippen molar-refractivity contribution >= 4 is 27.3 Å². The summed E-state index contributed by atoms with van der Waals surface area (Å²) in [5.74, 6) is -1.56. The van der Waals surface area contributed by atoms with E-state index in [2.05, 4.69) is 10.6 Å². The van der Waals surface area contributed by atoms with Crippen molar-refractivity contribution in [2.45, 2.75) is 24.8 Å². The van der Waals surface area contributed by atoms with Crippen molar-refractivity contribution in [3.63, 3.8) is 0 Å². The quantitative estimate of drug-likeness (QED) is 0.509. The number of sulfonamides is 1. The average Bonchev–Trinajstić information content (AvgIpc) is 2.82. The minimum atomic E-state index is -4.07. The van der Waals surface area contributed by atoms with E-state index in [1.807, 2.05) is 6.92 Å². The highest BCUT2D eigenvalue weighted by atomic mass is 32.2. The summed E-state index contributed by atoms with van der Waals surface area (Å²) in [6, 6.07) is 13.5. The van der Waals surface area contributed by atoms with E-state index in [0.29, 0.717) is 24.4 Å². The fourth-order valence-electron chi connectivity index (χ4n) is 3.88. The third-order valence-electron chi connectivity index (χ3n) is 5.62. The first-order valence-electron chi connectivity index (χ1n) is 11.1. The zero-order valence-corrected chi connectivity index (χ0v) is 20.0. The Morgan fingerprint density at radius 2 is 1.86 bits per heavy atom. The number of carbonyl (C=O) groups is 1. The Hall–Kier alpha value is -3.50. The topological polar surface area (TPSA) is 87.7 Å². The predicted molar refractivity (Wildman–Crippen MR) is 129 cm³/mol. The van der Waals surface area contributed by atoms with Crippen LogP contribution in [0, 0.1) is 18.6 Å². The molecule has 10 heteroatoms. The van der Waals surface area contributed by atoms with Crippen LogP contribution in [-0.2, 0) is 10.0 Å². The van der Waals surface area contributed by atoms with Crippen LogP contribution in [0.2, 0.25) is 0 Å². The van der Waals surface area contributed by atoms with Gasteiger partial charge in [-0.2, -0.15) is 0 Å². The number of aryl methyl sites for hydroxylation is 1. The summed E-state index contributed by atoms with van der Waals surface area (Å²) >= 11 is 0. The Balaban J connectivity index is 1.71. The summed E-state index contributed by atoms with van der Waals surface area (Å²) in [6.45, 7) is 4.65. The van der Waals surface area contributed by atoms with Gasteiger partial charge in [0.1, 0.15) is 23.5 Å². The normalized spacial score (nSPS) is 15.3. The number of likely N-dealkylation sites (N-methyl/N-ethyl adjacent to an activating group) is 1. The van der Waals surface area contributed by atoms with Crippen LogP contribution in [0.15, 0.2) is 65.6 Å². The van der Waals surface area contributed by atoms with Crippen LogP contribution in [-0.4, -0.2) is 40.1 Å². The van der Waals surface area contributed by atoms with Gasteiger partial charge in [-0.1, -0.05) is 19.1 Å². The highest BCUT2D eigenvalue weighted by Gasteiger charge is 2.35. The predicted octanol–water partition coefficient (Wildman–Crippen LogP) is 4.09. The number of carbonyl (C=O) groups excluding carboxylic acids is 1. The SMILES string of the molecule is CCNCC1CN(S(=O)(=O)c2ccc(F)cc2)c2cc(NC(=O)c3c(C)cccc3F)ccc2O1. The van der Waals surface area contributed by atoms with Gasteiger partial charge in [-0.05, 0) is 67.6 Å². The second kappa shape index (κ2) is 10.0. The molecule has 1 aliphatic heterocycles. The van der Waals surface area contributed by atoms with Crippen LogP contribution in [0.25, 0.3) is 0 Å². The molecule has 1 unspecified atom stereocenters. The largest absolute Gasteiger partial charge is 0.485 e. The Labute approximate surface area is 202 Å². The van der Waals surface area contributed by atoms with Crippen molar-refractivity contribution < 1.29 is 26.7 Å².